The van der Waals surface area contributed by atoms with E-state index in [1.54, 1.807) is 12.1 Å². The van der Waals surface area contributed by atoms with Crippen LogP contribution in [0.2, 0.25) is 5.02 Å². The first-order chi connectivity index (χ1) is 7.52. The molecule has 1 aromatic heterocycles. The average molecular weight is 262 g/mol. The fourth-order valence-electron chi connectivity index (χ4n) is 1.09. The third-order valence-electron chi connectivity index (χ3n) is 1.89. The Balaban J connectivity index is 2.66. The van der Waals surface area contributed by atoms with Crippen molar-refractivity contribution in [2.45, 2.75) is 19.1 Å². The number of carbonyl (C=O) groups is 1. The molecule has 0 aliphatic heterocycles. The van der Waals surface area contributed by atoms with Crippen molar-refractivity contribution < 1.29 is 15.0 Å². The highest BCUT2D eigenvalue weighted by atomic mass is 35.5. The molecule has 2 unspecified atom stereocenters. The summed E-state index contributed by atoms with van der Waals surface area (Å²) >= 11 is 6.77. The fourth-order valence-corrected chi connectivity index (χ4v) is 1.91. The lowest BCUT2D eigenvalue weighted by atomic mass is 10.1. The monoisotopic (exact) mass is 261 g/mol. The van der Waals surface area contributed by atoms with E-state index in [1.807, 2.05) is 0 Å². The van der Waals surface area contributed by atoms with Gasteiger partial charge < -0.3 is 10.2 Å². The second kappa shape index (κ2) is 6.20. The lowest BCUT2D eigenvalue weighted by Crippen LogP contribution is -2.22. The van der Waals surface area contributed by atoms with E-state index in [2.05, 4.69) is 4.98 Å². The molecule has 1 rings (SSSR count). The number of rotatable bonds is 4. The van der Waals surface area contributed by atoms with Crippen LogP contribution in [0.5, 0.6) is 0 Å². The highest BCUT2D eigenvalue weighted by molar-refractivity contribution is 8.13. The molecule has 6 heteroatoms. The van der Waals surface area contributed by atoms with Gasteiger partial charge in [-0.15, -0.1) is 0 Å². The van der Waals surface area contributed by atoms with Gasteiger partial charge in [0.05, 0.1) is 16.8 Å². The number of hydrogen-bond donors (Lipinski definition) is 2. The third kappa shape index (κ3) is 3.75. The van der Waals surface area contributed by atoms with Crippen LogP contribution >= 0.6 is 23.4 Å². The smallest absolute Gasteiger partial charge is 0.185 e. The largest absolute Gasteiger partial charge is 0.389 e. The van der Waals surface area contributed by atoms with Gasteiger partial charge in [0.2, 0.25) is 0 Å². The van der Waals surface area contributed by atoms with E-state index in [9.17, 15) is 15.0 Å². The molecule has 88 valence electrons. The number of carbonyl (C=O) groups excluding carboxylic acids is 1. The maximum absolute atomic E-state index is 10.7. The standard InChI is InChI=1S/C10H12ClNO3S/c1-6(13)16-5-8(14)10(15)9-7(11)3-2-4-12-9/h2-4,8,10,14-15H,5H2,1H3. The molecule has 0 saturated carbocycles. The molecule has 0 aromatic carbocycles. The Morgan fingerprint density at radius 3 is 2.88 bits per heavy atom. The number of nitrogens with zero attached hydrogens (tertiary/aromatic N) is 1. The summed E-state index contributed by atoms with van der Waals surface area (Å²) in [6, 6.07) is 3.22. The molecule has 0 spiro atoms. The summed E-state index contributed by atoms with van der Waals surface area (Å²) in [5.41, 5.74) is 0.223. The molecule has 1 heterocycles. The van der Waals surface area contributed by atoms with Gasteiger partial charge in [-0.25, -0.2) is 0 Å². The van der Waals surface area contributed by atoms with Gasteiger partial charge >= 0.3 is 0 Å². The Morgan fingerprint density at radius 2 is 2.31 bits per heavy atom. The Morgan fingerprint density at radius 1 is 1.62 bits per heavy atom. The molecule has 0 aliphatic carbocycles. The number of thioether (sulfide) groups is 1. The molecule has 4 nitrogen and oxygen atoms in total. The van der Waals surface area contributed by atoms with Crippen LogP contribution in [0.25, 0.3) is 0 Å². The number of hydrogen-bond acceptors (Lipinski definition) is 5. The summed E-state index contributed by atoms with van der Waals surface area (Å²) in [6.07, 6.45) is -0.767. The molecule has 0 radical (unpaired) electrons. The van der Waals surface area contributed by atoms with Crippen LogP contribution in [0.4, 0.5) is 0 Å². The zero-order valence-electron chi connectivity index (χ0n) is 8.63. The van der Waals surface area contributed by atoms with Crippen molar-refractivity contribution in [3.05, 3.63) is 29.0 Å². The highest BCUT2D eigenvalue weighted by Crippen LogP contribution is 2.24. The molecule has 0 bridgehead atoms. The quantitative estimate of drug-likeness (QED) is 0.858. The minimum absolute atomic E-state index is 0.113. The topological polar surface area (TPSA) is 70.4 Å². The summed E-state index contributed by atoms with van der Waals surface area (Å²) in [4.78, 5) is 14.6. The van der Waals surface area contributed by atoms with E-state index >= 15 is 0 Å². The predicted octanol–water partition coefficient (Wildman–Crippen LogP) is 1.41. The molecule has 0 saturated heterocycles. The molecule has 0 amide bonds. The molecular formula is C10H12ClNO3S. The van der Waals surface area contributed by atoms with Crippen molar-refractivity contribution in [2.75, 3.05) is 5.75 Å². The normalized spacial score (nSPS) is 14.5. The van der Waals surface area contributed by atoms with E-state index in [-0.39, 0.29) is 16.6 Å². The summed E-state index contributed by atoms with van der Waals surface area (Å²) in [5, 5.41) is 19.6. The lowest BCUT2D eigenvalue weighted by Gasteiger charge is -2.17. The average Bonchev–Trinajstić information content (AvgIpc) is 2.25. The zero-order valence-corrected chi connectivity index (χ0v) is 10.2. The first-order valence-electron chi connectivity index (χ1n) is 4.62. The summed E-state index contributed by atoms with van der Waals surface area (Å²) in [5.74, 6) is 0.114. The Hall–Kier alpha value is -0.620. The van der Waals surface area contributed by atoms with Gasteiger partial charge in [0.25, 0.3) is 0 Å². The van der Waals surface area contributed by atoms with Gasteiger partial charge in [-0.05, 0) is 12.1 Å². The van der Waals surface area contributed by atoms with Gasteiger partial charge in [0, 0.05) is 18.9 Å². The number of aliphatic hydroxyl groups is 2. The first kappa shape index (κ1) is 13.4. The van der Waals surface area contributed by atoms with Crippen LogP contribution in [0.15, 0.2) is 18.3 Å². The van der Waals surface area contributed by atoms with Crippen LogP contribution in [0, 0.1) is 0 Å². The van der Waals surface area contributed by atoms with E-state index in [0.717, 1.165) is 11.8 Å². The number of halogens is 1. The van der Waals surface area contributed by atoms with E-state index in [4.69, 9.17) is 11.6 Å². The second-order valence-corrected chi connectivity index (χ2v) is 4.79. The van der Waals surface area contributed by atoms with Crippen molar-refractivity contribution in [3.63, 3.8) is 0 Å². The van der Waals surface area contributed by atoms with Crippen LogP contribution in [-0.4, -0.2) is 32.2 Å². The van der Waals surface area contributed by atoms with Crippen LogP contribution in [0.3, 0.4) is 0 Å². The SMILES string of the molecule is CC(=O)SCC(O)C(O)c1ncccc1Cl. The number of pyridine rings is 1. The second-order valence-electron chi connectivity index (χ2n) is 3.19. The predicted molar refractivity (Wildman–Crippen MR) is 63.4 cm³/mol. The van der Waals surface area contributed by atoms with Crippen molar-refractivity contribution in [1.82, 2.24) is 4.98 Å². The zero-order chi connectivity index (χ0) is 12.1. The Kier molecular flexibility index (Phi) is 5.21. The number of aliphatic hydroxyl groups excluding tert-OH is 2. The molecule has 0 fully saturated rings. The van der Waals surface area contributed by atoms with Gasteiger partial charge in [-0.3, -0.25) is 9.78 Å². The number of aromatic nitrogens is 1. The molecule has 2 atom stereocenters. The van der Waals surface area contributed by atoms with E-state index in [0.29, 0.717) is 5.02 Å². The van der Waals surface area contributed by atoms with Crippen molar-refractivity contribution in [2.24, 2.45) is 0 Å². The summed E-state index contributed by atoms with van der Waals surface area (Å²) < 4.78 is 0. The maximum Gasteiger partial charge on any atom is 0.185 e. The third-order valence-corrected chi connectivity index (χ3v) is 3.12. The van der Waals surface area contributed by atoms with Gasteiger partial charge in [0.1, 0.15) is 6.10 Å². The lowest BCUT2D eigenvalue weighted by molar-refractivity contribution is -0.109. The molecule has 1 aromatic rings. The molecule has 16 heavy (non-hydrogen) atoms. The fraction of sp³-hybridized carbons (Fsp3) is 0.400. The van der Waals surface area contributed by atoms with Crippen LogP contribution in [0.1, 0.15) is 18.7 Å². The van der Waals surface area contributed by atoms with Crippen molar-refractivity contribution in [1.29, 1.82) is 0 Å². The van der Waals surface area contributed by atoms with Gasteiger partial charge in [-0.1, -0.05) is 23.4 Å². The minimum Gasteiger partial charge on any atom is -0.389 e. The molecule has 2 N–H and O–H groups in total. The summed E-state index contributed by atoms with van der Waals surface area (Å²) in [7, 11) is 0. The van der Waals surface area contributed by atoms with Gasteiger partial charge in [0.15, 0.2) is 5.12 Å². The van der Waals surface area contributed by atoms with Crippen LogP contribution < -0.4 is 0 Å². The Bertz CT molecular complexity index is 375. The Labute approximate surface area is 103 Å². The molecular weight excluding hydrogens is 250 g/mol. The highest BCUT2D eigenvalue weighted by Gasteiger charge is 2.22. The maximum atomic E-state index is 10.7. The van der Waals surface area contributed by atoms with E-state index in [1.165, 1.54) is 13.1 Å². The summed E-state index contributed by atoms with van der Waals surface area (Å²) in [6.45, 7) is 1.40. The first-order valence-corrected chi connectivity index (χ1v) is 5.98. The van der Waals surface area contributed by atoms with Gasteiger partial charge in [-0.2, -0.15) is 0 Å². The van der Waals surface area contributed by atoms with Crippen molar-refractivity contribution in [3.8, 4) is 0 Å². The van der Waals surface area contributed by atoms with Crippen LogP contribution in [-0.2, 0) is 4.79 Å². The minimum atomic E-state index is -1.18. The van der Waals surface area contributed by atoms with E-state index < -0.39 is 12.2 Å². The van der Waals surface area contributed by atoms with Crippen molar-refractivity contribution >= 4 is 28.5 Å². The molecule has 0 aliphatic rings.